The highest BCUT2D eigenvalue weighted by atomic mass is 127. The lowest BCUT2D eigenvalue weighted by atomic mass is 10.1. The summed E-state index contributed by atoms with van der Waals surface area (Å²) < 4.78 is 0. The fourth-order valence-corrected chi connectivity index (χ4v) is 1.97. The van der Waals surface area contributed by atoms with Gasteiger partial charge in [0.25, 0.3) is 0 Å². The van der Waals surface area contributed by atoms with E-state index in [-0.39, 0.29) is 24.0 Å². The molecule has 0 amide bonds. The molecule has 0 radical (unpaired) electrons. The number of pyridine rings is 1. The van der Waals surface area contributed by atoms with E-state index < -0.39 is 0 Å². The van der Waals surface area contributed by atoms with Crippen molar-refractivity contribution in [2.24, 2.45) is 0 Å². The van der Waals surface area contributed by atoms with Crippen molar-refractivity contribution in [1.82, 2.24) is 4.98 Å². The summed E-state index contributed by atoms with van der Waals surface area (Å²) in [5, 5.41) is 3.36. The number of fused-ring (bicyclic) bond motifs is 2. The van der Waals surface area contributed by atoms with Gasteiger partial charge in [-0.05, 0) is 19.1 Å². The number of hydrogen-bond acceptors (Lipinski definition) is 1. The number of aromatic nitrogens is 1. The normalized spacial score (nSPS) is 11.8. The van der Waals surface area contributed by atoms with Crippen LogP contribution < -0.4 is 34.5 Å². The Kier molecular flexibility index (Phi) is 3.03. The summed E-state index contributed by atoms with van der Waals surface area (Å²) in [6, 6.07) is 8.23. The van der Waals surface area contributed by atoms with Gasteiger partial charge in [-0.25, -0.2) is 0 Å². The maximum atomic E-state index is 4.61. The topological polar surface area (TPSA) is 12.9 Å². The molecular formula is C14H10IN. The van der Waals surface area contributed by atoms with E-state index >= 15 is 0 Å². The van der Waals surface area contributed by atoms with E-state index in [0.29, 0.717) is 0 Å². The summed E-state index contributed by atoms with van der Waals surface area (Å²) in [5.74, 6) is 0. The van der Waals surface area contributed by atoms with Crippen LogP contribution in [-0.2, 0) is 0 Å². The van der Waals surface area contributed by atoms with Crippen LogP contribution in [0.15, 0.2) is 36.4 Å². The first-order valence-corrected chi connectivity index (χ1v) is 5.02. The number of rotatable bonds is 0. The Labute approximate surface area is 111 Å². The largest absolute Gasteiger partial charge is 1.00 e. The Morgan fingerprint density at radius 2 is 2.00 bits per heavy atom. The van der Waals surface area contributed by atoms with Crippen molar-refractivity contribution in [2.45, 2.75) is 6.92 Å². The molecule has 1 aromatic heterocycles. The monoisotopic (exact) mass is 319 g/mol. The highest BCUT2D eigenvalue weighted by molar-refractivity contribution is 5.82. The fourth-order valence-electron chi connectivity index (χ4n) is 1.97. The number of hydrogen-bond donors (Lipinski definition) is 0. The van der Waals surface area contributed by atoms with E-state index in [0.717, 1.165) is 16.1 Å². The average molecular weight is 319 g/mol. The molecule has 16 heavy (non-hydrogen) atoms. The second-order valence-corrected chi connectivity index (χ2v) is 3.68. The molecular weight excluding hydrogens is 309 g/mol. The van der Waals surface area contributed by atoms with Crippen LogP contribution in [0, 0.1) is 6.92 Å². The quantitative estimate of drug-likeness (QED) is 0.428. The van der Waals surface area contributed by atoms with Crippen LogP contribution >= 0.6 is 0 Å². The van der Waals surface area contributed by atoms with Crippen LogP contribution in [0.5, 0.6) is 0 Å². The molecule has 0 unspecified atom stereocenters. The molecule has 2 heteroatoms. The van der Waals surface area contributed by atoms with Crippen LogP contribution in [0.2, 0.25) is 0 Å². The third-order valence-electron chi connectivity index (χ3n) is 2.76. The van der Waals surface area contributed by atoms with Crippen molar-refractivity contribution in [3.8, 4) is 0 Å². The molecule has 0 saturated carbocycles. The van der Waals surface area contributed by atoms with Gasteiger partial charge < -0.3 is 24.0 Å². The zero-order valence-corrected chi connectivity index (χ0v) is 11.0. The molecule has 0 saturated heterocycles. The van der Waals surface area contributed by atoms with Gasteiger partial charge in [-0.1, -0.05) is 12.1 Å². The second kappa shape index (κ2) is 4.32. The van der Waals surface area contributed by atoms with E-state index in [1.54, 1.807) is 0 Å². The zero-order chi connectivity index (χ0) is 10.3. The molecule has 1 heterocycles. The summed E-state index contributed by atoms with van der Waals surface area (Å²) >= 11 is 0. The Hall–Kier alpha value is -1.25. The molecule has 3 rings (SSSR count). The molecule has 0 spiro atoms. The first kappa shape index (κ1) is 11.2. The third-order valence-corrected chi connectivity index (χ3v) is 2.76. The van der Waals surface area contributed by atoms with Gasteiger partial charge in [0.2, 0.25) is 0 Å². The van der Waals surface area contributed by atoms with Crippen molar-refractivity contribution < 1.29 is 24.0 Å². The SMILES string of the molecule is Cc1c2c(nc3ccccc13)=CC=C[C+]=2.[I-]. The lowest BCUT2D eigenvalue weighted by molar-refractivity contribution is -0.00000297. The van der Waals surface area contributed by atoms with Gasteiger partial charge in [-0.2, -0.15) is 4.98 Å². The molecule has 2 aromatic rings. The highest BCUT2D eigenvalue weighted by Gasteiger charge is 2.09. The van der Waals surface area contributed by atoms with Crippen molar-refractivity contribution in [3.63, 3.8) is 0 Å². The van der Waals surface area contributed by atoms with E-state index in [9.17, 15) is 0 Å². The predicted octanol–water partition coefficient (Wildman–Crippen LogP) is -1.44. The number of benzene rings is 1. The maximum Gasteiger partial charge on any atom is 0.177 e. The predicted molar refractivity (Wildman–Crippen MR) is 62.7 cm³/mol. The summed E-state index contributed by atoms with van der Waals surface area (Å²) in [6.07, 6.45) is 9.19. The summed E-state index contributed by atoms with van der Waals surface area (Å²) in [7, 11) is 0. The standard InChI is InChI=1S/C14H10N.HI/c1-10-11-6-2-4-8-13(11)15-14-9-5-3-7-12(10)14;/h2-6,8-9H,1H3;1H/q+1;/p-1. The number of nitrogens with zero attached hydrogens (tertiary/aromatic N) is 1. The molecule has 1 aliphatic carbocycles. The Morgan fingerprint density at radius 3 is 2.88 bits per heavy atom. The smallest absolute Gasteiger partial charge is 0.177 e. The van der Waals surface area contributed by atoms with Crippen LogP contribution in [0.1, 0.15) is 5.56 Å². The lowest BCUT2D eigenvalue weighted by Gasteiger charge is -1.97. The zero-order valence-electron chi connectivity index (χ0n) is 8.87. The van der Waals surface area contributed by atoms with Crippen molar-refractivity contribution in [1.29, 1.82) is 0 Å². The molecule has 0 bridgehead atoms. The molecule has 1 aliphatic rings. The van der Waals surface area contributed by atoms with E-state index in [4.69, 9.17) is 0 Å². The number of aryl methyl sites for hydroxylation is 1. The summed E-state index contributed by atoms with van der Waals surface area (Å²) in [4.78, 5) is 4.61. The number of halogens is 1. The van der Waals surface area contributed by atoms with Crippen LogP contribution in [0.3, 0.4) is 0 Å². The minimum atomic E-state index is 0. The Balaban J connectivity index is 0.000000963. The third kappa shape index (κ3) is 1.64. The average Bonchev–Trinajstić information content (AvgIpc) is 2.30. The lowest BCUT2D eigenvalue weighted by Crippen LogP contribution is -3.00. The van der Waals surface area contributed by atoms with Crippen LogP contribution in [0.4, 0.5) is 0 Å². The van der Waals surface area contributed by atoms with Gasteiger partial charge in [0.1, 0.15) is 0 Å². The van der Waals surface area contributed by atoms with Crippen molar-refractivity contribution in [2.75, 3.05) is 0 Å². The molecule has 0 N–H and O–H groups in total. The Bertz CT molecular complexity index is 684. The van der Waals surface area contributed by atoms with Gasteiger partial charge in [0.15, 0.2) is 10.6 Å². The summed E-state index contributed by atoms with van der Waals surface area (Å²) in [6.45, 7) is 2.13. The van der Waals surface area contributed by atoms with E-state index in [1.807, 2.05) is 30.4 Å². The first-order chi connectivity index (χ1) is 7.36. The Morgan fingerprint density at radius 1 is 1.19 bits per heavy atom. The second-order valence-electron chi connectivity index (χ2n) is 3.68. The molecule has 1 aromatic carbocycles. The molecule has 0 atom stereocenters. The molecule has 78 valence electrons. The van der Waals surface area contributed by atoms with Crippen LogP contribution in [0.25, 0.3) is 23.1 Å². The van der Waals surface area contributed by atoms with Gasteiger partial charge in [-0.3, -0.25) is 0 Å². The van der Waals surface area contributed by atoms with E-state index in [1.165, 1.54) is 10.9 Å². The van der Waals surface area contributed by atoms with Gasteiger partial charge in [0, 0.05) is 23.6 Å². The highest BCUT2D eigenvalue weighted by Crippen LogP contribution is 2.10. The minimum Gasteiger partial charge on any atom is -1.00 e. The van der Waals surface area contributed by atoms with Crippen molar-refractivity contribution >= 4 is 23.1 Å². The summed E-state index contributed by atoms with van der Waals surface area (Å²) in [5.41, 5.74) is 2.32. The molecule has 0 aliphatic heterocycles. The molecule has 1 nitrogen and oxygen atoms in total. The van der Waals surface area contributed by atoms with Crippen LogP contribution in [-0.4, -0.2) is 4.98 Å². The fraction of sp³-hybridized carbons (Fsp3) is 0.0714. The maximum absolute atomic E-state index is 4.61. The van der Waals surface area contributed by atoms with Gasteiger partial charge in [0.05, 0.1) is 17.2 Å². The van der Waals surface area contributed by atoms with E-state index in [2.05, 4.69) is 30.1 Å². The first-order valence-electron chi connectivity index (χ1n) is 5.02. The number of allylic oxidation sites excluding steroid dienone is 2. The van der Waals surface area contributed by atoms with Gasteiger partial charge >= 0.3 is 0 Å². The molecule has 0 fully saturated rings. The number of para-hydroxylation sites is 1. The minimum absolute atomic E-state index is 0. The van der Waals surface area contributed by atoms with Crippen molar-refractivity contribution in [3.05, 3.63) is 52.5 Å². The van der Waals surface area contributed by atoms with Gasteiger partial charge in [-0.15, -0.1) is 0 Å².